The first kappa shape index (κ1) is 11.5. The van der Waals surface area contributed by atoms with Crippen LogP contribution in [0.5, 0.6) is 11.5 Å². The number of ether oxygens (including phenoxy) is 2. The second-order valence-corrected chi connectivity index (χ2v) is 3.57. The average molecular weight is 233 g/mol. The Balaban J connectivity index is 2.51. The molecule has 0 saturated heterocycles. The molecule has 0 spiro atoms. The summed E-state index contributed by atoms with van der Waals surface area (Å²) in [5.41, 5.74) is 1.69. The van der Waals surface area contributed by atoms with Crippen LogP contribution in [-0.4, -0.2) is 23.9 Å². The van der Waals surface area contributed by atoms with Crippen molar-refractivity contribution in [1.82, 2.24) is 4.57 Å². The van der Waals surface area contributed by atoms with Crippen molar-refractivity contribution in [1.29, 1.82) is 0 Å². The third-order valence-electron chi connectivity index (χ3n) is 2.64. The van der Waals surface area contributed by atoms with Gasteiger partial charge in [-0.05, 0) is 24.3 Å². The number of nitrogens with zero attached hydrogens (tertiary/aromatic N) is 1. The number of hydrogen-bond acceptors (Lipinski definition) is 3. The summed E-state index contributed by atoms with van der Waals surface area (Å²) in [4.78, 5) is 0. The minimum atomic E-state index is -0.0117. The number of aliphatic hydroxyl groups excluding tert-OH is 1. The van der Waals surface area contributed by atoms with Gasteiger partial charge in [-0.1, -0.05) is 0 Å². The first-order valence-electron chi connectivity index (χ1n) is 5.29. The number of rotatable bonds is 4. The number of methoxy groups -OCH3 is 2. The van der Waals surface area contributed by atoms with Crippen molar-refractivity contribution >= 4 is 0 Å². The zero-order valence-corrected chi connectivity index (χ0v) is 9.88. The van der Waals surface area contributed by atoms with E-state index in [1.165, 1.54) is 0 Å². The van der Waals surface area contributed by atoms with Crippen molar-refractivity contribution in [2.24, 2.45) is 0 Å². The quantitative estimate of drug-likeness (QED) is 0.878. The van der Waals surface area contributed by atoms with E-state index in [1.807, 2.05) is 41.1 Å². The van der Waals surface area contributed by atoms with Crippen molar-refractivity contribution in [3.8, 4) is 17.2 Å². The fourth-order valence-corrected chi connectivity index (χ4v) is 1.76. The highest BCUT2D eigenvalue weighted by Gasteiger charge is 2.09. The lowest BCUT2D eigenvalue weighted by molar-refractivity contribution is 0.274. The summed E-state index contributed by atoms with van der Waals surface area (Å²) in [5.74, 6) is 1.44. The molecule has 4 heteroatoms. The molecule has 0 fully saturated rings. The van der Waals surface area contributed by atoms with E-state index in [4.69, 9.17) is 9.47 Å². The monoisotopic (exact) mass is 233 g/mol. The molecule has 90 valence electrons. The van der Waals surface area contributed by atoms with E-state index in [-0.39, 0.29) is 6.61 Å². The third-order valence-corrected chi connectivity index (χ3v) is 2.64. The molecule has 0 aliphatic rings. The molecular weight excluding hydrogens is 218 g/mol. The average Bonchev–Trinajstić information content (AvgIpc) is 2.85. The van der Waals surface area contributed by atoms with Gasteiger partial charge in [0.2, 0.25) is 0 Å². The van der Waals surface area contributed by atoms with Gasteiger partial charge < -0.3 is 19.1 Å². The predicted molar refractivity (Wildman–Crippen MR) is 64.8 cm³/mol. The molecule has 0 radical (unpaired) electrons. The standard InChI is InChI=1S/C13H15NO3/c1-16-11-5-6-12(13(8-11)17-2)14-7-3-4-10(14)9-15/h3-8,15H,9H2,1-2H3. The van der Waals surface area contributed by atoms with Gasteiger partial charge in [0, 0.05) is 18.0 Å². The first-order chi connectivity index (χ1) is 8.30. The molecule has 1 N–H and O–H groups in total. The Labute approximate surface area is 100 Å². The second kappa shape index (κ2) is 4.93. The normalized spacial score (nSPS) is 10.3. The van der Waals surface area contributed by atoms with Gasteiger partial charge in [0.1, 0.15) is 11.5 Å². The van der Waals surface area contributed by atoms with Crippen LogP contribution in [0.3, 0.4) is 0 Å². The molecule has 4 nitrogen and oxygen atoms in total. The van der Waals surface area contributed by atoms with E-state index in [9.17, 15) is 5.11 Å². The van der Waals surface area contributed by atoms with Crippen LogP contribution in [0.4, 0.5) is 0 Å². The summed E-state index contributed by atoms with van der Waals surface area (Å²) >= 11 is 0. The Morgan fingerprint density at radius 3 is 2.65 bits per heavy atom. The maximum atomic E-state index is 9.25. The Morgan fingerprint density at radius 2 is 2.00 bits per heavy atom. The highest BCUT2D eigenvalue weighted by molar-refractivity contribution is 5.52. The highest BCUT2D eigenvalue weighted by atomic mass is 16.5. The van der Waals surface area contributed by atoms with Gasteiger partial charge in [0.15, 0.2) is 0 Å². The molecule has 2 aromatic rings. The van der Waals surface area contributed by atoms with Gasteiger partial charge in [-0.2, -0.15) is 0 Å². The Morgan fingerprint density at radius 1 is 1.18 bits per heavy atom. The summed E-state index contributed by atoms with van der Waals surface area (Å²) in [6.07, 6.45) is 1.88. The Bertz CT molecular complexity index is 505. The molecule has 0 aliphatic carbocycles. The molecule has 0 aliphatic heterocycles. The van der Waals surface area contributed by atoms with Crippen molar-refractivity contribution in [3.05, 3.63) is 42.2 Å². The van der Waals surface area contributed by atoms with Gasteiger partial charge in [-0.3, -0.25) is 0 Å². The SMILES string of the molecule is COc1ccc(-n2cccc2CO)c(OC)c1. The zero-order valence-electron chi connectivity index (χ0n) is 9.88. The van der Waals surface area contributed by atoms with Crippen LogP contribution in [0.1, 0.15) is 5.69 Å². The topological polar surface area (TPSA) is 43.6 Å². The van der Waals surface area contributed by atoms with Crippen molar-refractivity contribution in [2.45, 2.75) is 6.61 Å². The van der Waals surface area contributed by atoms with E-state index in [2.05, 4.69) is 0 Å². The van der Waals surface area contributed by atoms with Crippen LogP contribution < -0.4 is 9.47 Å². The van der Waals surface area contributed by atoms with Crippen molar-refractivity contribution in [2.75, 3.05) is 14.2 Å². The molecule has 1 aromatic heterocycles. The molecule has 0 saturated carbocycles. The summed E-state index contributed by atoms with van der Waals surface area (Å²) < 4.78 is 12.4. The number of benzene rings is 1. The molecular formula is C13H15NO3. The lowest BCUT2D eigenvalue weighted by Crippen LogP contribution is -2.01. The van der Waals surface area contributed by atoms with Gasteiger partial charge in [0.05, 0.1) is 26.5 Å². The van der Waals surface area contributed by atoms with E-state index in [0.717, 1.165) is 17.1 Å². The fourth-order valence-electron chi connectivity index (χ4n) is 1.76. The lowest BCUT2D eigenvalue weighted by atomic mass is 10.2. The van der Waals surface area contributed by atoms with E-state index >= 15 is 0 Å². The Kier molecular flexibility index (Phi) is 3.35. The summed E-state index contributed by atoms with van der Waals surface area (Å²) in [7, 11) is 3.23. The minimum Gasteiger partial charge on any atom is -0.497 e. The van der Waals surface area contributed by atoms with E-state index < -0.39 is 0 Å². The number of aromatic nitrogens is 1. The fraction of sp³-hybridized carbons (Fsp3) is 0.231. The molecule has 2 rings (SSSR count). The molecule has 1 heterocycles. The van der Waals surface area contributed by atoms with Crippen molar-refractivity contribution in [3.63, 3.8) is 0 Å². The molecule has 0 bridgehead atoms. The van der Waals surface area contributed by atoms with Crippen molar-refractivity contribution < 1.29 is 14.6 Å². The van der Waals surface area contributed by atoms with Crippen LogP contribution in [0, 0.1) is 0 Å². The maximum Gasteiger partial charge on any atom is 0.146 e. The van der Waals surface area contributed by atoms with Gasteiger partial charge >= 0.3 is 0 Å². The maximum absolute atomic E-state index is 9.25. The minimum absolute atomic E-state index is 0.0117. The number of hydrogen-bond donors (Lipinski definition) is 1. The lowest BCUT2D eigenvalue weighted by Gasteiger charge is -2.13. The van der Waals surface area contributed by atoms with Gasteiger partial charge in [0.25, 0.3) is 0 Å². The van der Waals surface area contributed by atoms with Crippen LogP contribution in [0.15, 0.2) is 36.5 Å². The number of aliphatic hydroxyl groups is 1. The third kappa shape index (κ3) is 2.12. The van der Waals surface area contributed by atoms with Gasteiger partial charge in [-0.15, -0.1) is 0 Å². The molecule has 0 amide bonds. The summed E-state index contributed by atoms with van der Waals surface area (Å²) in [6, 6.07) is 9.32. The molecule has 0 unspecified atom stereocenters. The Hall–Kier alpha value is -1.94. The van der Waals surface area contributed by atoms with Crippen LogP contribution in [-0.2, 0) is 6.61 Å². The van der Waals surface area contributed by atoms with E-state index in [0.29, 0.717) is 5.75 Å². The van der Waals surface area contributed by atoms with Crippen LogP contribution in [0.2, 0.25) is 0 Å². The van der Waals surface area contributed by atoms with Gasteiger partial charge in [-0.25, -0.2) is 0 Å². The summed E-state index contributed by atoms with van der Waals surface area (Å²) in [5, 5.41) is 9.25. The smallest absolute Gasteiger partial charge is 0.146 e. The first-order valence-corrected chi connectivity index (χ1v) is 5.29. The predicted octanol–water partition coefficient (Wildman–Crippen LogP) is 1.99. The highest BCUT2D eigenvalue weighted by Crippen LogP contribution is 2.28. The second-order valence-electron chi connectivity index (χ2n) is 3.57. The molecule has 17 heavy (non-hydrogen) atoms. The van der Waals surface area contributed by atoms with Crippen LogP contribution >= 0.6 is 0 Å². The van der Waals surface area contributed by atoms with E-state index in [1.54, 1.807) is 14.2 Å². The zero-order chi connectivity index (χ0) is 12.3. The molecule has 1 aromatic carbocycles. The van der Waals surface area contributed by atoms with Crippen LogP contribution in [0.25, 0.3) is 5.69 Å². The largest absolute Gasteiger partial charge is 0.497 e. The molecule has 0 atom stereocenters. The summed E-state index contributed by atoms with van der Waals surface area (Å²) in [6.45, 7) is -0.0117.